The van der Waals surface area contributed by atoms with Crippen molar-refractivity contribution in [3.05, 3.63) is 58.8 Å². The van der Waals surface area contributed by atoms with Crippen LogP contribution in [0.15, 0.2) is 53.1 Å². The fourth-order valence-electron chi connectivity index (χ4n) is 3.19. The van der Waals surface area contributed by atoms with E-state index in [1.807, 2.05) is 42.5 Å². The van der Waals surface area contributed by atoms with Gasteiger partial charge in [-0.25, -0.2) is 0 Å². The normalized spacial score (nSPS) is 16.6. The maximum Gasteiger partial charge on any atom is 0.228 e. The van der Waals surface area contributed by atoms with E-state index in [0.29, 0.717) is 26.2 Å². The predicted molar refractivity (Wildman–Crippen MR) is 106 cm³/mol. The summed E-state index contributed by atoms with van der Waals surface area (Å²) in [5.74, 6) is -0.449. The van der Waals surface area contributed by atoms with Crippen LogP contribution in [0.1, 0.15) is 12.1 Å². The highest BCUT2D eigenvalue weighted by molar-refractivity contribution is 9.10. The lowest BCUT2D eigenvalue weighted by molar-refractivity contribution is -0.137. The van der Waals surface area contributed by atoms with Crippen LogP contribution >= 0.6 is 15.9 Å². The van der Waals surface area contributed by atoms with Crippen molar-refractivity contribution in [3.63, 3.8) is 0 Å². The molecule has 3 rings (SSSR count). The molecule has 1 fully saturated rings. The number of amides is 2. The Bertz CT molecular complexity index is 800. The fourth-order valence-corrected chi connectivity index (χ4v) is 3.69. The van der Waals surface area contributed by atoms with Crippen LogP contribution < -0.4 is 4.90 Å². The van der Waals surface area contributed by atoms with Crippen LogP contribution in [-0.2, 0) is 20.9 Å². The first-order chi connectivity index (χ1) is 13.1. The number of benzene rings is 1. The number of pyridine rings is 1. The van der Waals surface area contributed by atoms with Gasteiger partial charge in [0.1, 0.15) is 0 Å². The van der Waals surface area contributed by atoms with Crippen molar-refractivity contribution in [1.82, 2.24) is 9.88 Å². The van der Waals surface area contributed by atoms with Gasteiger partial charge < -0.3 is 14.5 Å². The van der Waals surface area contributed by atoms with Crippen molar-refractivity contribution in [2.24, 2.45) is 5.92 Å². The molecule has 2 amide bonds. The number of ether oxygens (including phenoxy) is 1. The molecular formula is C20H22BrN3O3. The van der Waals surface area contributed by atoms with E-state index in [9.17, 15) is 9.59 Å². The fraction of sp³-hybridized carbons (Fsp3) is 0.350. The number of anilines is 1. The van der Waals surface area contributed by atoms with Gasteiger partial charge in [-0.1, -0.05) is 18.2 Å². The molecule has 2 aromatic rings. The molecule has 1 aromatic heterocycles. The molecule has 1 aromatic carbocycles. The highest BCUT2D eigenvalue weighted by atomic mass is 79.9. The van der Waals surface area contributed by atoms with E-state index in [1.54, 1.807) is 23.1 Å². The minimum absolute atomic E-state index is 0.0372. The average Bonchev–Trinajstić information content (AvgIpc) is 3.07. The molecule has 7 heteroatoms. The van der Waals surface area contributed by atoms with Crippen molar-refractivity contribution in [2.75, 3.05) is 31.7 Å². The van der Waals surface area contributed by atoms with E-state index in [0.717, 1.165) is 15.9 Å². The van der Waals surface area contributed by atoms with Crippen molar-refractivity contribution in [1.29, 1.82) is 0 Å². The number of hydrogen-bond acceptors (Lipinski definition) is 4. The molecule has 0 aliphatic carbocycles. The molecule has 1 aliphatic rings. The third-order valence-electron chi connectivity index (χ3n) is 4.57. The van der Waals surface area contributed by atoms with Crippen molar-refractivity contribution >= 4 is 33.4 Å². The molecule has 6 nitrogen and oxygen atoms in total. The van der Waals surface area contributed by atoms with Gasteiger partial charge in [-0.05, 0) is 40.2 Å². The summed E-state index contributed by atoms with van der Waals surface area (Å²) in [5, 5.41) is 0. The second-order valence-electron chi connectivity index (χ2n) is 6.43. The first kappa shape index (κ1) is 19.5. The summed E-state index contributed by atoms with van der Waals surface area (Å²) in [7, 11) is 1.61. The lowest BCUT2D eigenvalue weighted by atomic mass is 10.1. The number of aromatic nitrogens is 1. The van der Waals surface area contributed by atoms with Gasteiger partial charge in [0.2, 0.25) is 11.8 Å². The summed E-state index contributed by atoms with van der Waals surface area (Å²) in [6, 6.07) is 13.2. The zero-order chi connectivity index (χ0) is 19.2. The number of para-hydroxylation sites is 1. The number of hydrogen-bond donors (Lipinski definition) is 0. The highest BCUT2D eigenvalue weighted by Crippen LogP contribution is 2.32. The van der Waals surface area contributed by atoms with Gasteiger partial charge >= 0.3 is 0 Å². The monoisotopic (exact) mass is 431 g/mol. The lowest BCUT2D eigenvalue weighted by Gasteiger charge is -2.25. The summed E-state index contributed by atoms with van der Waals surface area (Å²) in [6.07, 6.45) is 1.92. The predicted octanol–water partition coefficient (Wildman–Crippen LogP) is 2.87. The zero-order valence-electron chi connectivity index (χ0n) is 15.2. The van der Waals surface area contributed by atoms with Gasteiger partial charge in [0.25, 0.3) is 0 Å². The summed E-state index contributed by atoms with van der Waals surface area (Å²) >= 11 is 3.48. The van der Waals surface area contributed by atoms with Gasteiger partial charge in [-0.15, -0.1) is 0 Å². The number of carbonyl (C=O) groups is 2. The largest absolute Gasteiger partial charge is 0.383 e. The second-order valence-corrected chi connectivity index (χ2v) is 7.28. The molecule has 0 N–H and O–H groups in total. The number of halogens is 1. The molecule has 142 valence electrons. The van der Waals surface area contributed by atoms with Gasteiger partial charge in [0.15, 0.2) is 0 Å². The molecule has 0 spiro atoms. The van der Waals surface area contributed by atoms with Crippen molar-refractivity contribution < 1.29 is 14.3 Å². The Balaban J connectivity index is 1.74. The molecule has 1 aliphatic heterocycles. The molecule has 0 bridgehead atoms. The van der Waals surface area contributed by atoms with Gasteiger partial charge in [-0.2, -0.15) is 0 Å². The lowest BCUT2D eigenvalue weighted by Crippen LogP contribution is -2.39. The molecule has 2 heterocycles. The zero-order valence-corrected chi connectivity index (χ0v) is 16.8. The van der Waals surface area contributed by atoms with Crippen LogP contribution in [0.25, 0.3) is 0 Å². The van der Waals surface area contributed by atoms with Crippen LogP contribution in [0.4, 0.5) is 5.69 Å². The molecule has 27 heavy (non-hydrogen) atoms. The summed E-state index contributed by atoms with van der Waals surface area (Å²) in [4.78, 5) is 33.4. The van der Waals surface area contributed by atoms with Gasteiger partial charge in [0.05, 0.1) is 30.5 Å². The third kappa shape index (κ3) is 4.73. The number of nitrogens with zero attached hydrogens (tertiary/aromatic N) is 3. The second kappa shape index (κ2) is 9.10. The Morgan fingerprint density at radius 1 is 1.30 bits per heavy atom. The van der Waals surface area contributed by atoms with E-state index in [4.69, 9.17) is 4.74 Å². The Kier molecular flexibility index (Phi) is 6.58. The smallest absolute Gasteiger partial charge is 0.228 e. The molecular weight excluding hydrogens is 410 g/mol. The maximum atomic E-state index is 13.1. The number of carbonyl (C=O) groups excluding carboxylic acids is 2. The summed E-state index contributed by atoms with van der Waals surface area (Å²) < 4.78 is 6.00. The third-order valence-corrected chi connectivity index (χ3v) is 5.24. The van der Waals surface area contributed by atoms with E-state index in [-0.39, 0.29) is 24.2 Å². The highest BCUT2D eigenvalue weighted by Gasteiger charge is 2.37. The molecule has 1 atom stereocenters. The summed E-state index contributed by atoms with van der Waals surface area (Å²) in [6.45, 7) is 1.69. The molecule has 0 saturated carbocycles. The van der Waals surface area contributed by atoms with Gasteiger partial charge in [0, 0.05) is 37.3 Å². The Morgan fingerprint density at radius 3 is 2.78 bits per heavy atom. The van der Waals surface area contributed by atoms with Crippen LogP contribution in [0.2, 0.25) is 0 Å². The minimum atomic E-state index is -0.370. The summed E-state index contributed by atoms with van der Waals surface area (Å²) in [5.41, 5.74) is 1.61. The van der Waals surface area contributed by atoms with E-state index < -0.39 is 0 Å². The number of methoxy groups -OCH3 is 1. The van der Waals surface area contributed by atoms with Crippen LogP contribution in [0, 0.1) is 5.92 Å². The van der Waals surface area contributed by atoms with Gasteiger partial charge in [-0.3, -0.25) is 14.6 Å². The van der Waals surface area contributed by atoms with E-state index in [1.165, 1.54) is 0 Å². The van der Waals surface area contributed by atoms with Crippen LogP contribution in [0.3, 0.4) is 0 Å². The van der Waals surface area contributed by atoms with Crippen molar-refractivity contribution in [3.8, 4) is 0 Å². The Hall–Kier alpha value is -2.25. The van der Waals surface area contributed by atoms with Crippen molar-refractivity contribution in [2.45, 2.75) is 13.0 Å². The first-order valence-corrected chi connectivity index (χ1v) is 9.62. The Morgan fingerprint density at radius 2 is 2.07 bits per heavy atom. The SMILES string of the molecule is COCCN(Cc1ccccn1)C(=O)C1CC(=O)N(c2ccccc2Br)C1. The minimum Gasteiger partial charge on any atom is -0.383 e. The average molecular weight is 432 g/mol. The number of rotatable bonds is 7. The topological polar surface area (TPSA) is 62.7 Å². The molecule has 1 saturated heterocycles. The Labute approximate surface area is 167 Å². The standard InChI is InChI=1S/C20H22BrN3O3/c1-27-11-10-23(14-16-6-4-5-9-22-16)20(26)15-12-19(25)24(13-15)18-8-3-2-7-17(18)21/h2-9,15H,10-14H2,1H3. The van der Waals surface area contributed by atoms with E-state index >= 15 is 0 Å². The van der Waals surface area contributed by atoms with E-state index in [2.05, 4.69) is 20.9 Å². The quantitative estimate of drug-likeness (QED) is 0.675. The molecule has 0 radical (unpaired) electrons. The first-order valence-electron chi connectivity index (χ1n) is 8.82. The van der Waals surface area contributed by atoms with Crippen LogP contribution in [0.5, 0.6) is 0 Å². The maximum absolute atomic E-state index is 13.1. The molecule has 1 unspecified atom stereocenters. The van der Waals surface area contributed by atoms with Crippen LogP contribution in [-0.4, -0.2) is 48.5 Å².